The molecule has 0 radical (unpaired) electrons. The number of nitrogens with one attached hydrogen (secondary N) is 1. The molecule has 1 fully saturated rings. The molecule has 1 aromatic rings. The minimum Gasteiger partial charge on any atom is -0.370 e. The van der Waals surface area contributed by atoms with E-state index in [0.29, 0.717) is 11.6 Å². The van der Waals surface area contributed by atoms with Gasteiger partial charge in [-0.05, 0) is 31.0 Å². The number of hydrogen-bond donors (Lipinski definition) is 2. The van der Waals surface area contributed by atoms with E-state index in [1.165, 1.54) is 25.0 Å². The van der Waals surface area contributed by atoms with Gasteiger partial charge in [-0.1, -0.05) is 18.9 Å². The fraction of sp³-hybridized carbons (Fsp3) is 0.467. The number of anilines is 1. The van der Waals surface area contributed by atoms with Crippen LogP contribution in [-0.2, 0) is 4.79 Å². The van der Waals surface area contributed by atoms with Crippen molar-refractivity contribution < 1.29 is 9.18 Å². The molecule has 1 amide bonds. The molecule has 1 aliphatic heterocycles. The predicted molar refractivity (Wildman–Crippen MR) is 81.6 cm³/mol. The van der Waals surface area contributed by atoms with Gasteiger partial charge in [-0.3, -0.25) is 4.79 Å². The van der Waals surface area contributed by atoms with E-state index in [9.17, 15) is 9.18 Å². The number of aliphatic imine (C=N–C) groups is 1. The van der Waals surface area contributed by atoms with Crippen LogP contribution in [0.25, 0.3) is 0 Å². The van der Waals surface area contributed by atoms with Crippen LogP contribution in [0.15, 0.2) is 29.3 Å². The zero-order valence-electron chi connectivity index (χ0n) is 12.0. The number of benzene rings is 1. The van der Waals surface area contributed by atoms with Crippen LogP contribution in [0.4, 0.5) is 10.1 Å². The average Bonchev–Trinajstić information content (AvgIpc) is 2.74. The largest absolute Gasteiger partial charge is 0.370 e. The number of nitrogens with two attached hydrogens (primary N) is 1. The van der Waals surface area contributed by atoms with E-state index in [-0.39, 0.29) is 18.3 Å². The smallest absolute Gasteiger partial charge is 0.246 e. The van der Waals surface area contributed by atoms with E-state index in [2.05, 4.69) is 10.3 Å². The summed E-state index contributed by atoms with van der Waals surface area (Å²) in [4.78, 5) is 17.9. The highest BCUT2D eigenvalue weighted by Crippen LogP contribution is 2.10. The monoisotopic (exact) mass is 292 g/mol. The van der Waals surface area contributed by atoms with Crippen molar-refractivity contribution in [1.29, 1.82) is 0 Å². The minimum atomic E-state index is -0.389. The van der Waals surface area contributed by atoms with Crippen molar-refractivity contribution in [3.63, 3.8) is 0 Å². The third kappa shape index (κ3) is 5.06. The van der Waals surface area contributed by atoms with Crippen molar-refractivity contribution in [2.75, 3.05) is 25.0 Å². The summed E-state index contributed by atoms with van der Waals surface area (Å²) in [6.07, 6.45) is 4.63. The van der Waals surface area contributed by atoms with Crippen LogP contribution < -0.4 is 11.1 Å². The maximum atomic E-state index is 13.0. The first-order chi connectivity index (χ1) is 10.1. The van der Waals surface area contributed by atoms with Gasteiger partial charge in [0.1, 0.15) is 12.4 Å². The van der Waals surface area contributed by atoms with E-state index in [0.717, 1.165) is 25.9 Å². The van der Waals surface area contributed by atoms with Crippen molar-refractivity contribution >= 4 is 17.6 Å². The molecule has 1 heterocycles. The van der Waals surface area contributed by atoms with E-state index in [4.69, 9.17) is 5.73 Å². The predicted octanol–water partition coefficient (Wildman–Crippen LogP) is 1.95. The minimum absolute atomic E-state index is 0.0567. The Hall–Kier alpha value is -2.11. The lowest BCUT2D eigenvalue weighted by molar-refractivity contribution is -0.114. The van der Waals surface area contributed by atoms with Gasteiger partial charge in [0.15, 0.2) is 5.96 Å². The molecule has 0 atom stereocenters. The van der Waals surface area contributed by atoms with Gasteiger partial charge in [-0.25, -0.2) is 9.38 Å². The molecule has 5 nitrogen and oxygen atoms in total. The molecular weight excluding hydrogens is 271 g/mol. The molecule has 0 unspecified atom stereocenters. The first kappa shape index (κ1) is 15.3. The molecule has 1 saturated heterocycles. The topological polar surface area (TPSA) is 70.7 Å². The lowest BCUT2D eigenvalue weighted by atomic mass is 10.2. The fourth-order valence-electron chi connectivity index (χ4n) is 2.32. The molecule has 2 rings (SSSR count). The highest BCUT2D eigenvalue weighted by Gasteiger charge is 2.11. The first-order valence-corrected chi connectivity index (χ1v) is 7.25. The molecule has 0 bridgehead atoms. The Morgan fingerprint density at radius 1 is 1.29 bits per heavy atom. The van der Waals surface area contributed by atoms with Crippen molar-refractivity contribution in [3.8, 4) is 0 Å². The molecule has 3 N–H and O–H groups in total. The highest BCUT2D eigenvalue weighted by atomic mass is 19.1. The molecule has 0 aromatic heterocycles. The van der Waals surface area contributed by atoms with Crippen molar-refractivity contribution in [2.24, 2.45) is 10.7 Å². The SMILES string of the molecule is NC(=NCC(=O)Nc1cccc(F)c1)N1CCCCCC1. The van der Waals surface area contributed by atoms with Gasteiger partial charge < -0.3 is 16.0 Å². The quantitative estimate of drug-likeness (QED) is 0.661. The summed E-state index contributed by atoms with van der Waals surface area (Å²) in [5.41, 5.74) is 6.34. The second-order valence-electron chi connectivity index (χ2n) is 5.13. The van der Waals surface area contributed by atoms with Gasteiger partial charge in [0.2, 0.25) is 5.91 Å². The van der Waals surface area contributed by atoms with E-state index >= 15 is 0 Å². The second-order valence-corrected chi connectivity index (χ2v) is 5.13. The van der Waals surface area contributed by atoms with E-state index in [1.807, 2.05) is 4.90 Å². The van der Waals surface area contributed by atoms with E-state index < -0.39 is 0 Å². The Morgan fingerprint density at radius 2 is 2.00 bits per heavy atom. The standard InChI is InChI=1S/C15H21FN4O/c16-12-6-5-7-13(10-12)19-14(21)11-18-15(17)20-8-3-1-2-4-9-20/h5-7,10H,1-4,8-9,11H2,(H2,17,18)(H,19,21). The maximum Gasteiger partial charge on any atom is 0.246 e. The number of guanidine groups is 1. The van der Waals surface area contributed by atoms with Crippen LogP contribution in [-0.4, -0.2) is 36.4 Å². The molecule has 1 aliphatic rings. The van der Waals surface area contributed by atoms with Crippen LogP contribution in [0.3, 0.4) is 0 Å². The number of likely N-dealkylation sites (tertiary alicyclic amines) is 1. The summed E-state index contributed by atoms with van der Waals surface area (Å²) in [6.45, 7) is 1.72. The van der Waals surface area contributed by atoms with E-state index in [1.54, 1.807) is 12.1 Å². The third-order valence-corrected chi connectivity index (χ3v) is 3.42. The summed E-state index contributed by atoms with van der Waals surface area (Å²) < 4.78 is 13.0. The molecule has 21 heavy (non-hydrogen) atoms. The van der Waals surface area contributed by atoms with Gasteiger partial charge in [0, 0.05) is 18.8 Å². The van der Waals surface area contributed by atoms with Crippen LogP contribution in [0, 0.1) is 5.82 Å². The summed E-state index contributed by atoms with van der Waals surface area (Å²) in [5, 5.41) is 2.59. The Kier molecular flexibility index (Phi) is 5.54. The molecule has 1 aromatic carbocycles. The molecule has 0 aliphatic carbocycles. The average molecular weight is 292 g/mol. The summed E-state index contributed by atoms with van der Waals surface area (Å²) in [6, 6.07) is 5.76. The first-order valence-electron chi connectivity index (χ1n) is 7.25. The summed E-state index contributed by atoms with van der Waals surface area (Å²) in [7, 11) is 0. The number of carbonyl (C=O) groups excluding carboxylic acids is 1. The van der Waals surface area contributed by atoms with Gasteiger partial charge >= 0.3 is 0 Å². The zero-order chi connectivity index (χ0) is 15.1. The molecule has 114 valence electrons. The Morgan fingerprint density at radius 3 is 2.67 bits per heavy atom. The third-order valence-electron chi connectivity index (χ3n) is 3.42. The number of hydrogen-bond acceptors (Lipinski definition) is 2. The Balaban J connectivity index is 1.85. The Bertz CT molecular complexity index is 510. The molecule has 6 heteroatoms. The van der Waals surface area contributed by atoms with Gasteiger partial charge in [-0.15, -0.1) is 0 Å². The number of halogens is 1. The number of rotatable bonds is 3. The number of carbonyl (C=O) groups is 1. The van der Waals surface area contributed by atoms with Crippen molar-refractivity contribution in [1.82, 2.24) is 4.90 Å². The number of nitrogens with zero attached hydrogens (tertiary/aromatic N) is 2. The highest BCUT2D eigenvalue weighted by molar-refractivity contribution is 5.93. The van der Waals surface area contributed by atoms with Crippen LogP contribution >= 0.6 is 0 Å². The van der Waals surface area contributed by atoms with Crippen molar-refractivity contribution in [3.05, 3.63) is 30.1 Å². The fourth-order valence-corrected chi connectivity index (χ4v) is 2.32. The van der Waals surface area contributed by atoms with Crippen LogP contribution in [0.1, 0.15) is 25.7 Å². The van der Waals surface area contributed by atoms with Gasteiger partial charge in [0.05, 0.1) is 0 Å². The lowest BCUT2D eigenvalue weighted by Gasteiger charge is -2.20. The van der Waals surface area contributed by atoms with Crippen LogP contribution in [0.2, 0.25) is 0 Å². The van der Waals surface area contributed by atoms with Crippen LogP contribution in [0.5, 0.6) is 0 Å². The molecular formula is C15H21FN4O. The second kappa shape index (κ2) is 7.61. The maximum absolute atomic E-state index is 13.0. The zero-order valence-corrected chi connectivity index (χ0v) is 12.0. The normalized spacial score (nSPS) is 16.4. The van der Waals surface area contributed by atoms with Gasteiger partial charge in [0.25, 0.3) is 0 Å². The summed E-state index contributed by atoms with van der Waals surface area (Å²) in [5.74, 6) is -0.287. The lowest BCUT2D eigenvalue weighted by Crippen LogP contribution is -2.38. The van der Waals surface area contributed by atoms with Crippen molar-refractivity contribution in [2.45, 2.75) is 25.7 Å². The summed E-state index contributed by atoms with van der Waals surface area (Å²) >= 11 is 0. The van der Waals surface area contributed by atoms with Gasteiger partial charge in [-0.2, -0.15) is 0 Å². The molecule has 0 spiro atoms. The number of amides is 1. The Labute approximate surface area is 124 Å². The molecule has 0 saturated carbocycles.